The van der Waals surface area contributed by atoms with Crippen molar-refractivity contribution in [2.24, 2.45) is 0 Å². The molecule has 1 unspecified atom stereocenters. The second-order valence-electron chi connectivity index (χ2n) is 10.1. The van der Waals surface area contributed by atoms with E-state index >= 15 is 0 Å². The molecule has 5 rings (SSSR count). The van der Waals surface area contributed by atoms with Crippen LogP contribution >= 0.6 is 0 Å². The average molecular weight is 568 g/mol. The number of hydrogen-bond donors (Lipinski definition) is 1. The SMILES string of the molecule is CO[C@H]1CCN(c2nccc(Nc3cc4c(cn3)nc([C@@H](C)OC3CCCCO3)n4[C@H](C)C(F)(F)F)n2)C[C@H]1F. The molecule has 0 aromatic carbocycles. The zero-order valence-electron chi connectivity index (χ0n) is 22.6. The largest absolute Gasteiger partial charge is 0.408 e. The molecule has 218 valence electrons. The van der Waals surface area contributed by atoms with Crippen LogP contribution in [-0.2, 0) is 14.2 Å². The summed E-state index contributed by atoms with van der Waals surface area (Å²) in [6.45, 7) is 3.93. The van der Waals surface area contributed by atoms with E-state index in [0.717, 1.165) is 24.3 Å². The van der Waals surface area contributed by atoms with Gasteiger partial charge in [-0.2, -0.15) is 18.2 Å². The van der Waals surface area contributed by atoms with Crippen LogP contribution in [0.1, 0.15) is 57.5 Å². The van der Waals surface area contributed by atoms with Gasteiger partial charge in [0.2, 0.25) is 5.95 Å². The maximum Gasteiger partial charge on any atom is 0.408 e. The topological polar surface area (TPSA) is 99.5 Å². The molecule has 10 nitrogen and oxygen atoms in total. The summed E-state index contributed by atoms with van der Waals surface area (Å²) in [5, 5.41) is 3.03. The molecule has 40 heavy (non-hydrogen) atoms. The highest BCUT2D eigenvalue weighted by Gasteiger charge is 2.40. The van der Waals surface area contributed by atoms with E-state index < -0.39 is 36.9 Å². The lowest BCUT2D eigenvalue weighted by Crippen LogP contribution is -2.46. The van der Waals surface area contributed by atoms with Crippen molar-refractivity contribution in [1.29, 1.82) is 0 Å². The minimum atomic E-state index is -4.52. The quantitative estimate of drug-likeness (QED) is 0.366. The molecule has 0 aliphatic carbocycles. The van der Waals surface area contributed by atoms with Gasteiger partial charge in [0, 0.05) is 32.5 Å². The van der Waals surface area contributed by atoms with Crippen molar-refractivity contribution in [1.82, 2.24) is 24.5 Å². The lowest BCUT2D eigenvalue weighted by atomic mass is 10.1. The molecule has 2 fully saturated rings. The van der Waals surface area contributed by atoms with E-state index in [1.165, 1.54) is 25.6 Å². The molecule has 5 heterocycles. The number of rotatable bonds is 8. The van der Waals surface area contributed by atoms with Crippen LogP contribution in [0, 0.1) is 0 Å². The van der Waals surface area contributed by atoms with E-state index in [1.807, 2.05) is 0 Å². The molecule has 2 aliphatic heterocycles. The van der Waals surface area contributed by atoms with Gasteiger partial charge in [-0.05, 0) is 45.6 Å². The van der Waals surface area contributed by atoms with Crippen molar-refractivity contribution >= 4 is 28.6 Å². The fraction of sp³-hybridized carbons (Fsp3) is 0.615. The Labute approximate surface area is 229 Å². The van der Waals surface area contributed by atoms with Crippen LogP contribution < -0.4 is 10.2 Å². The Morgan fingerprint density at radius 3 is 2.65 bits per heavy atom. The maximum absolute atomic E-state index is 14.4. The molecule has 2 aliphatic rings. The predicted molar refractivity (Wildman–Crippen MR) is 139 cm³/mol. The van der Waals surface area contributed by atoms with Crippen molar-refractivity contribution in [3.63, 3.8) is 0 Å². The number of piperidine rings is 1. The summed E-state index contributed by atoms with van der Waals surface area (Å²) in [5.41, 5.74) is 0.545. The number of fused-ring (bicyclic) bond motifs is 1. The van der Waals surface area contributed by atoms with Crippen molar-refractivity contribution in [3.05, 3.63) is 30.4 Å². The van der Waals surface area contributed by atoms with E-state index in [9.17, 15) is 17.6 Å². The van der Waals surface area contributed by atoms with Crippen LogP contribution in [0.25, 0.3) is 11.0 Å². The van der Waals surface area contributed by atoms with Crippen molar-refractivity contribution in [3.8, 4) is 0 Å². The molecule has 0 bridgehead atoms. The summed E-state index contributed by atoms with van der Waals surface area (Å²) < 4.78 is 74.3. The molecule has 1 N–H and O–H groups in total. The van der Waals surface area contributed by atoms with Gasteiger partial charge in [0.15, 0.2) is 6.29 Å². The third kappa shape index (κ3) is 6.13. The number of alkyl halides is 4. The number of nitrogens with zero attached hydrogens (tertiary/aromatic N) is 6. The van der Waals surface area contributed by atoms with Gasteiger partial charge in [-0.15, -0.1) is 0 Å². The Bertz CT molecular complexity index is 1300. The first-order valence-corrected chi connectivity index (χ1v) is 13.4. The minimum Gasteiger partial charge on any atom is -0.378 e. The Hall–Kier alpha value is -3.10. The minimum absolute atomic E-state index is 0.0929. The van der Waals surface area contributed by atoms with Crippen LogP contribution in [0.2, 0.25) is 0 Å². The lowest BCUT2D eigenvalue weighted by molar-refractivity contribution is -0.190. The van der Waals surface area contributed by atoms with Crippen LogP contribution in [-0.4, -0.2) is 76.1 Å². The predicted octanol–water partition coefficient (Wildman–Crippen LogP) is 5.26. The van der Waals surface area contributed by atoms with E-state index in [1.54, 1.807) is 17.9 Å². The first kappa shape index (κ1) is 28.4. The van der Waals surface area contributed by atoms with Crippen LogP contribution in [0.3, 0.4) is 0 Å². The van der Waals surface area contributed by atoms with Gasteiger partial charge in [0.05, 0.1) is 24.4 Å². The molecule has 14 heteroatoms. The van der Waals surface area contributed by atoms with Gasteiger partial charge in [0.1, 0.15) is 41.3 Å². The number of halogens is 4. The summed E-state index contributed by atoms with van der Waals surface area (Å²) in [7, 11) is 1.49. The van der Waals surface area contributed by atoms with Gasteiger partial charge in [0.25, 0.3) is 0 Å². The summed E-state index contributed by atoms with van der Waals surface area (Å²) in [4.78, 5) is 19.3. The first-order chi connectivity index (χ1) is 19.1. The summed E-state index contributed by atoms with van der Waals surface area (Å²) in [6.07, 6.45) is -1.44. The summed E-state index contributed by atoms with van der Waals surface area (Å²) >= 11 is 0. The third-order valence-corrected chi connectivity index (χ3v) is 7.29. The van der Waals surface area contributed by atoms with Crippen LogP contribution in [0.5, 0.6) is 0 Å². The number of imidazole rings is 1. The number of pyridine rings is 1. The zero-order valence-corrected chi connectivity index (χ0v) is 22.6. The van der Waals surface area contributed by atoms with Crippen molar-refractivity contribution in [2.75, 3.05) is 37.0 Å². The zero-order chi connectivity index (χ0) is 28.4. The third-order valence-electron chi connectivity index (χ3n) is 7.29. The second-order valence-corrected chi connectivity index (χ2v) is 10.1. The second kappa shape index (κ2) is 11.8. The number of hydrogen-bond acceptors (Lipinski definition) is 9. The van der Waals surface area contributed by atoms with Gasteiger partial charge in [-0.3, -0.25) is 0 Å². The molecule has 0 amide bonds. The highest BCUT2D eigenvalue weighted by molar-refractivity contribution is 5.79. The Morgan fingerprint density at radius 1 is 1.12 bits per heavy atom. The van der Waals surface area contributed by atoms with Gasteiger partial charge in [-0.25, -0.2) is 19.3 Å². The monoisotopic (exact) mass is 567 g/mol. The van der Waals surface area contributed by atoms with Gasteiger partial charge < -0.3 is 29.0 Å². The first-order valence-electron chi connectivity index (χ1n) is 13.4. The molecule has 3 aromatic heterocycles. The Balaban J connectivity index is 1.42. The number of anilines is 3. The molecule has 2 saturated heterocycles. The van der Waals surface area contributed by atoms with E-state index in [-0.39, 0.29) is 23.7 Å². The molecular weight excluding hydrogens is 534 g/mol. The lowest BCUT2D eigenvalue weighted by Gasteiger charge is -2.33. The van der Waals surface area contributed by atoms with E-state index in [4.69, 9.17) is 14.2 Å². The number of methoxy groups -OCH3 is 1. The molecule has 3 aromatic rings. The molecule has 0 spiro atoms. The normalized spacial score (nSPS) is 23.8. The van der Waals surface area contributed by atoms with E-state index in [0.29, 0.717) is 43.3 Å². The van der Waals surface area contributed by atoms with Crippen LogP contribution in [0.4, 0.5) is 35.1 Å². The molecule has 5 atom stereocenters. The summed E-state index contributed by atoms with van der Waals surface area (Å²) in [5.74, 6) is 1.10. The highest BCUT2D eigenvalue weighted by Crippen LogP contribution is 2.37. The molecular formula is C26H33F4N7O3. The highest BCUT2D eigenvalue weighted by atomic mass is 19.4. The summed E-state index contributed by atoms with van der Waals surface area (Å²) in [6, 6.07) is 1.24. The number of aromatic nitrogens is 5. The van der Waals surface area contributed by atoms with Gasteiger partial charge >= 0.3 is 6.18 Å². The number of ether oxygens (including phenoxy) is 3. The maximum atomic E-state index is 14.4. The van der Waals surface area contributed by atoms with Crippen molar-refractivity contribution in [2.45, 2.75) is 76.4 Å². The average Bonchev–Trinajstić information content (AvgIpc) is 3.31. The van der Waals surface area contributed by atoms with Crippen molar-refractivity contribution < 1.29 is 31.8 Å². The fourth-order valence-corrected chi connectivity index (χ4v) is 5.06. The van der Waals surface area contributed by atoms with Gasteiger partial charge in [-0.1, -0.05) is 0 Å². The van der Waals surface area contributed by atoms with Crippen LogP contribution in [0.15, 0.2) is 24.5 Å². The Kier molecular flexibility index (Phi) is 8.38. The molecule has 0 radical (unpaired) electrons. The smallest absolute Gasteiger partial charge is 0.378 e. The fourth-order valence-electron chi connectivity index (χ4n) is 5.06. The standard InChI is InChI=1S/C26H33F4N7O3/c1-15(40-23-6-4-5-11-39-23)24-33-18-13-32-22(12-19(18)37(24)16(2)26(28,29)30)34-21-7-9-31-25(35-21)36-10-8-20(38-3)17(27)14-36/h7,9,12-13,15-17,20,23H,4-6,8,10-11,14H2,1-3H3,(H,31,32,34,35)/t15-,16-,17-,20+,23?/m1/s1. The van der Waals surface area contributed by atoms with E-state index in [2.05, 4.69) is 25.3 Å². The molecule has 0 saturated carbocycles. The Morgan fingerprint density at radius 2 is 1.95 bits per heavy atom. The number of nitrogens with one attached hydrogen (secondary N) is 1.